The van der Waals surface area contributed by atoms with Crippen molar-refractivity contribution in [1.29, 1.82) is 0 Å². The Morgan fingerprint density at radius 2 is 1.94 bits per heavy atom. The predicted octanol–water partition coefficient (Wildman–Crippen LogP) is 2.02. The van der Waals surface area contributed by atoms with Crippen LogP contribution < -0.4 is 4.74 Å². The molecule has 0 amide bonds. The number of nitrogens with zero attached hydrogens (tertiary/aromatic N) is 2. The van der Waals surface area contributed by atoms with Gasteiger partial charge in [-0.2, -0.15) is 0 Å². The molecule has 0 bridgehead atoms. The fraction of sp³-hybridized carbons (Fsp3) is 0.154. The Balaban J connectivity index is 2.47. The summed E-state index contributed by atoms with van der Waals surface area (Å²) in [5.74, 6) is 0.482. The molecule has 0 aliphatic heterocycles. The van der Waals surface area contributed by atoms with Crippen molar-refractivity contribution in [2.24, 2.45) is 0 Å². The van der Waals surface area contributed by atoms with E-state index in [0.29, 0.717) is 11.3 Å². The first-order valence-electron chi connectivity index (χ1n) is 5.18. The Morgan fingerprint density at radius 3 is 2.59 bits per heavy atom. The number of hydrogen-bond donors (Lipinski definition) is 0. The molecule has 0 radical (unpaired) electrons. The first kappa shape index (κ1) is 11.3. The third kappa shape index (κ3) is 2.30. The minimum atomic E-state index is -0.230. The zero-order chi connectivity index (χ0) is 12.3. The maximum absolute atomic E-state index is 12.2. The molecule has 1 aromatic heterocycles. The normalized spacial score (nSPS) is 10.0. The van der Waals surface area contributed by atoms with Crippen LogP contribution in [-0.2, 0) is 0 Å². The van der Waals surface area contributed by atoms with Crippen LogP contribution in [0.15, 0.2) is 36.7 Å². The standard InChI is InChI=1S/C13H12N2O2/c1-9-4-5-11(17-2)10(8-9)12(16)13-14-6-3-7-15-13/h3-8H,1-2H3. The Labute approximate surface area is 99.3 Å². The molecule has 0 unspecified atom stereocenters. The van der Waals surface area contributed by atoms with E-state index in [1.807, 2.05) is 13.0 Å². The zero-order valence-electron chi connectivity index (χ0n) is 9.68. The van der Waals surface area contributed by atoms with Gasteiger partial charge in [-0.1, -0.05) is 11.6 Å². The third-order valence-electron chi connectivity index (χ3n) is 2.37. The van der Waals surface area contributed by atoms with Crippen LogP contribution in [0.25, 0.3) is 0 Å². The maximum Gasteiger partial charge on any atom is 0.233 e. The summed E-state index contributed by atoms with van der Waals surface area (Å²) in [7, 11) is 1.54. The van der Waals surface area contributed by atoms with E-state index in [4.69, 9.17) is 4.74 Å². The molecule has 4 nitrogen and oxygen atoms in total. The van der Waals surface area contributed by atoms with Crippen LogP contribution in [0.1, 0.15) is 21.7 Å². The molecule has 2 aromatic rings. The number of carbonyl (C=O) groups is 1. The highest BCUT2D eigenvalue weighted by molar-refractivity contribution is 6.08. The summed E-state index contributed by atoms with van der Waals surface area (Å²) < 4.78 is 5.17. The summed E-state index contributed by atoms with van der Waals surface area (Å²) in [6, 6.07) is 7.11. The van der Waals surface area contributed by atoms with E-state index in [1.54, 1.807) is 30.6 Å². The van der Waals surface area contributed by atoms with Crippen molar-refractivity contribution in [3.63, 3.8) is 0 Å². The summed E-state index contributed by atoms with van der Waals surface area (Å²) in [5, 5.41) is 0. The van der Waals surface area contributed by atoms with Crippen molar-refractivity contribution >= 4 is 5.78 Å². The number of benzene rings is 1. The van der Waals surface area contributed by atoms with Gasteiger partial charge in [0.2, 0.25) is 11.6 Å². The van der Waals surface area contributed by atoms with Crippen LogP contribution in [0.3, 0.4) is 0 Å². The van der Waals surface area contributed by atoms with Gasteiger partial charge in [0.25, 0.3) is 0 Å². The highest BCUT2D eigenvalue weighted by atomic mass is 16.5. The lowest BCUT2D eigenvalue weighted by Crippen LogP contribution is -2.08. The van der Waals surface area contributed by atoms with E-state index >= 15 is 0 Å². The Hall–Kier alpha value is -2.23. The molecule has 1 aromatic carbocycles. The summed E-state index contributed by atoms with van der Waals surface area (Å²) >= 11 is 0. The van der Waals surface area contributed by atoms with Gasteiger partial charge in [0.05, 0.1) is 12.7 Å². The van der Waals surface area contributed by atoms with E-state index in [-0.39, 0.29) is 11.6 Å². The second-order valence-electron chi connectivity index (χ2n) is 3.61. The lowest BCUT2D eigenvalue weighted by molar-refractivity contribution is 0.102. The van der Waals surface area contributed by atoms with E-state index < -0.39 is 0 Å². The number of rotatable bonds is 3. The Morgan fingerprint density at radius 1 is 1.24 bits per heavy atom. The number of methoxy groups -OCH3 is 1. The second kappa shape index (κ2) is 4.74. The van der Waals surface area contributed by atoms with Gasteiger partial charge in [-0.3, -0.25) is 4.79 Å². The summed E-state index contributed by atoms with van der Waals surface area (Å²) in [6.45, 7) is 1.92. The molecule has 17 heavy (non-hydrogen) atoms. The van der Waals surface area contributed by atoms with Crippen LogP contribution in [0.4, 0.5) is 0 Å². The van der Waals surface area contributed by atoms with Crippen LogP contribution in [0.5, 0.6) is 5.75 Å². The highest BCUT2D eigenvalue weighted by Gasteiger charge is 2.16. The van der Waals surface area contributed by atoms with E-state index in [9.17, 15) is 4.79 Å². The lowest BCUT2D eigenvalue weighted by Gasteiger charge is -2.07. The average Bonchev–Trinajstić information content (AvgIpc) is 2.39. The molecule has 2 rings (SSSR count). The molecule has 0 N–H and O–H groups in total. The van der Waals surface area contributed by atoms with Crippen molar-refractivity contribution in [3.8, 4) is 5.75 Å². The van der Waals surface area contributed by atoms with Crippen LogP contribution in [0, 0.1) is 6.92 Å². The molecule has 0 fully saturated rings. The minimum Gasteiger partial charge on any atom is -0.496 e. The summed E-state index contributed by atoms with van der Waals surface area (Å²) in [4.78, 5) is 20.1. The van der Waals surface area contributed by atoms with Gasteiger partial charge in [0.1, 0.15) is 5.75 Å². The van der Waals surface area contributed by atoms with Gasteiger partial charge in [0, 0.05) is 12.4 Å². The smallest absolute Gasteiger partial charge is 0.233 e. The first-order chi connectivity index (χ1) is 8.22. The van der Waals surface area contributed by atoms with E-state index in [2.05, 4.69) is 9.97 Å². The van der Waals surface area contributed by atoms with Crippen LogP contribution >= 0.6 is 0 Å². The van der Waals surface area contributed by atoms with Crippen molar-refractivity contribution < 1.29 is 9.53 Å². The second-order valence-corrected chi connectivity index (χ2v) is 3.61. The first-order valence-corrected chi connectivity index (χ1v) is 5.18. The number of aromatic nitrogens is 2. The molecule has 0 aliphatic rings. The van der Waals surface area contributed by atoms with Gasteiger partial charge in [-0.25, -0.2) is 9.97 Å². The molecule has 4 heteroatoms. The van der Waals surface area contributed by atoms with Crippen molar-refractivity contribution in [1.82, 2.24) is 9.97 Å². The Bertz CT molecular complexity index is 538. The van der Waals surface area contributed by atoms with Gasteiger partial charge in [-0.05, 0) is 25.1 Å². The molecular formula is C13H12N2O2. The van der Waals surface area contributed by atoms with Gasteiger partial charge in [0.15, 0.2) is 0 Å². The highest BCUT2D eigenvalue weighted by Crippen LogP contribution is 2.21. The molecule has 86 valence electrons. The third-order valence-corrected chi connectivity index (χ3v) is 2.37. The van der Waals surface area contributed by atoms with Gasteiger partial charge in [-0.15, -0.1) is 0 Å². The molecule has 0 saturated heterocycles. The summed E-state index contributed by atoms with van der Waals surface area (Å²) in [6.07, 6.45) is 3.09. The molecule has 1 heterocycles. The molecular weight excluding hydrogens is 216 g/mol. The van der Waals surface area contributed by atoms with Gasteiger partial charge < -0.3 is 4.74 Å². The maximum atomic E-state index is 12.2. The zero-order valence-corrected chi connectivity index (χ0v) is 9.68. The number of hydrogen-bond acceptors (Lipinski definition) is 4. The van der Waals surface area contributed by atoms with Crippen molar-refractivity contribution in [2.75, 3.05) is 7.11 Å². The quantitative estimate of drug-likeness (QED) is 0.754. The van der Waals surface area contributed by atoms with E-state index in [1.165, 1.54) is 7.11 Å². The molecule has 0 aliphatic carbocycles. The van der Waals surface area contributed by atoms with Gasteiger partial charge >= 0.3 is 0 Å². The Kier molecular flexibility index (Phi) is 3.14. The predicted molar refractivity (Wildman–Crippen MR) is 63.2 cm³/mol. The molecule has 0 spiro atoms. The van der Waals surface area contributed by atoms with Crippen molar-refractivity contribution in [2.45, 2.75) is 6.92 Å². The average molecular weight is 228 g/mol. The largest absolute Gasteiger partial charge is 0.496 e. The lowest BCUT2D eigenvalue weighted by atomic mass is 10.1. The topological polar surface area (TPSA) is 52.1 Å². The molecule has 0 atom stereocenters. The minimum absolute atomic E-state index is 0.177. The van der Waals surface area contributed by atoms with Crippen molar-refractivity contribution in [3.05, 3.63) is 53.6 Å². The summed E-state index contributed by atoms with van der Waals surface area (Å²) in [5.41, 5.74) is 1.48. The number of ketones is 1. The van der Waals surface area contributed by atoms with Crippen LogP contribution in [-0.4, -0.2) is 22.9 Å². The fourth-order valence-electron chi connectivity index (χ4n) is 1.54. The number of aryl methyl sites for hydroxylation is 1. The number of ether oxygens (including phenoxy) is 1. The molecule has 0 saturated carbocycles. The number of carbonyl (C=O) groups excluding carboxylic acids is 1. The SMILES string of the molecule is COc1ccc(C)cc1C(=O)c1ncccn1. The van der Waals surface area contributed by atoms with Crippen LogP contribution in [0.2, 0.25) is 0 Å². The monoisotopic (exact) mass is 228 g/mol. The fourth-order valence-corrected chi connectivity index (χ4v) is 1.54. The van der Waals surface area contributed by atoms with E-state index in [0.717, 1.165) is 5.56 Å².